The van der Waals surface area contributed by atoms with Gasteiger partial charge in [0.1, 0.15) is 73.2 Å². The lowest BCUT2D eigenvalue weighted by Gasteiger charge is -2.41. The molecule has 0 amide bonds. The van der Waals surface area contributed by atoms with Gasteiger partial charge in [-0.2, -0.15) is 0 Å². The summed E-state index contributed by atoms with van der Waals surface area (Å²) in [7, 11) is 0. The van der Waals surface area contributed by atoms with Crippen molar-refractivity contribution in [3.63, 3.8) is 0 Å². The molecule has 200 valence electrons. The maximum atomic E-state index is 10.7. The van der Waals surface area contributed by atoms with E-state index in [1.54, 1.807) is 0 Å². The predicted molar refractivity (Wildman–Crippen MR) is 101 cm³/mol. The van der Waals surface area contributed by atoms with Gasteiger partial charge in [0.2, 0.25) is 0 Å². The fourth-order valence-electron chi connectivity index (χ4n) is 4.06. The topological polar surface area (TPSA) is 269 Å². The van der Waals surface area contributed by atoms with Crippen LogP contribution in [0.2, 0.25) is 0 Å². The van der Waals surface area contributed by atoms with Gasteiger partial charge in [0, 0.05) is 0 Å². The standard InChI is InChI=1S/C18H32O16/c19-1-4(22)13-15(34-17-10(26)9(25)7(23)5(2-20)31-17)12(28)18(32-13)33-14-8(24)6(3-21)30-16(29)11(14)27/h4-29H,1-3H2/t4-,5-,6-,7+,8-,9+,10-,11+,12-,13+,14+,15-,16+,17-,18+/m1/s1. The van der Waals surface area contributed by atoms with E-state index in [9.17, 15) is 56.2 Å². The van der Waals surface area contributed by atoms with Crippen molar-refractivity contribution < 1.29 is 79.9 Å². The fourth-order valence-corrected chi connectivity index (χ4v) is 4.06. The van der Waals surface area contributed by atoms with Crippen LogP contribution in [0.1, 0.15) is 0 Å². The van der Waals surface area contributed by atoms with Gasteiger partial charge in [-0.1, -0.05) is 0 Å². The van der Waals surface area contributed by atoms with Gasteiger partial charge < -0.3 is 79.9 Å². The molecule has 0 spiro atoms. The van der Waals surface area contributed by atoms with Gasteiger partial charge in [0.25, 0.3) is 0 Å². The van der Waals surface area contributed by atoms with Crippen LogP contribution in [0.5, 0.6) is 0 Å². The molecule has 0 aliphatic carbocycles. The van der Waals surface area contributed by atoms with Gasteiger partial charge in [-0.15, -0.1) is 0 Å². The first-order chi connectivity index (χ1) is 16.0. The lowest BCUT2D eigenvalue weighted by Crippen LogP contribution is -2.61. The van der Waals surface area contributed by atoms with E-state index in [1.807, 2.05) is 0 Å². The van der Waals surface area contributed by atoms with Gasteiger partial charge in [-0.3, -0.25) is 0 Å². The van der Waals surface area contributed by atoms with Gasteiger partial charge in [-0.05, 0) is 0 Å². The number of aliphatic hydroxyl groups is 11. The molecule has 3 aliphatic rings. The zero-order valence-electron chi connectivity index (χ0n) is 17.7. The Hall–Kier alpha value is -0.640. The monoisotopic (exact) mass is 504 g/mol. The van der Waals surface area contributed by atoms with Crippen LogP contribution in [0, 0.1) is 0 Å². The number of rotatable bonds is 8. The first-order valence-electron chi connectivity index (χ1n) is 10.6. The van der Waals surface area contributed by atoms with Crippen molar-refractivity contribution in [2.24, 2.45) is 0 Å². The summed E-state index contributed by atoms with van der Waals surface area (Å²) < 4.78 is 26.4. The quantitative estimate of drug-likeness (QED) is 0.146. The largest absolute Gasteiger partial charge is 0.394 e. The molecule has 0 saturated carbocycles. The second-order valence-corrected chi connectivity index (χ2v) is 8.34. The third-order valence-electron chi connectivity index (χ3n) is 6.07. The summed E-state index contributed by atoms with van der Waals surface area (Å²) in [4.78, 5) is 0. The molecule has 0 aromatic carbocycles. The summed E-state index contributed by atoms with van der Waals surface area (Å²) in [5, 5.41) is 109. The minimum atomic E-state index is -1.86. The Kier molecular flexibility index (Phi) is 9.54. The van der Waals surface area contributed by atoms with Crippen LogP contribution in [0.3, 0.4) is 0 Å². The zero-order chi connectivity index (χ0) is 25.3. The zero-order valence-corrected chi connectivity index (χ0v) is 17.7. The van der Waals surface area contributed by atoms with Crippen molar-refractivity contribution in [3.05, 3.63) is 0 Å². The van der Waals surface area contributed by atoms with Crippen molar-refractivity contribution in [2.75, 3.05) is 19.8 Å². The average molecular weight is 504 g/mol. The van der Waals surface area contributed by atoms with E-state index in [4.69, 9.17) is 23.7 Å². The Morgan fingerprint density at radius 1 is 0.588 bits per heavy atom. The Balaban J connectivity index is 1.77. The third kappa shape index (κ3) is 5.37. The molecule has 0 aromatic rings. The van der Waals surface area contributed by atoms with Crippen LogP contribution in [-0.4, -0.2) is 168 Å². The molecule has 34 heavy (non-hydrogen) atoms. The number of aliphatic hydroxyl groups excluding tert-OH is 11. The molecule has 3 saturated heterocycles. The van der Waals surface area contributed by atoms with Gasteiger partial charge in [0.15, 0.2) is 18.9 Å². The summed E-state index contributed by atoms with van der Waals surface area (Å²) >= 11 is 0. The van der Waals surface area contributed by atoms with Crippen molar-refractivity contribution in [1.82, 2.24) is 0 Å². The summed E-state index contributed by atoms with van der Waals surface area (Å²) in [6.07, 6.45) is -25.1. The van der Waals surface area contributed by atoms with E-state index in [2.05, 4.69) is 0 Å². The summed E-state index contributed by atoms with van der Waals surface area (Å²) in [5.41, 5.74) is 0. The Morgan fingerprint density at radius 3 is 1.74 bits per heavy atom. The molecule has 0 bridgehead atoms. The van der Waals surface area contributed by atoms with E-state index in [0.29, 0.717) is 0 Å². The highest BCUT2D eigenvalue weighted by atomic mass is 16.8. The smallest absolute Gasteiger partial charge is 0.187 e. The molecule has 11 N–H and O–H groups in total. The van der Waals surface area contributed by atoms with Crippen LogP contribution in [0.25, 0.3) is 0 Å². The summed E-state index contributed by atoms with van der Waals surface area (Å²) in [6, 6.07) is 0. The lowest BCUT2D eigenvalue weighted by molar-refractivity contribution is -0.323. The van der Waals surface area contributed by atoms with E-state index in [1.165, 1.54) is 0 Å². The Labute approximate surface area is 192 Å². The minimum absolute atomic E-state index is 0.742. The molecular formula is C18H32O16. The van der Waals surface area contributed by atoms with Gasteiger partial charge in [0.05, 0.1) is 19.8 Å². The molecule has 3 heterocycles. The fraction of sp³-hybridized carbons (Fsp3) is 1.00. The highest BCUT2D eigenvalue weighted by Crippen LogP contribution is 2.34. The summed E-state index contributed by atoms with van der Waals surface area (Å²) in [6.45, 7) is -2.36. The van der Waals surface area contributed by atoms with E-state index >= 15 is 0 Å². The second kappa shape index (κ2) is 11.6. The number of ether oxygens (including phenoxy) is 5. The molecule has 16 heteroatoms. The maximum Gasteiger partial charge on any atom is 0.187 e. The minimum Gasteiger partial charge on any atom is -0.394 e. The molecule has 16 nitrogen and oxygen atoms in total. The maximum absolute atomic E-state index is 10.7. The Bertz CT molecular complexity index is 639. The SMILES string of the molecule is OC[C@@H](O)[C@@H]1O[C@@H](O[C@@H]2[C@H](O)[C@@H](O)O[C@H](CO)[C@H]2O)[C@H](O)[C@H]1O[C@H]1O[C@H](CO)[C@H](O)[C@H](O)[C@H]1O. The van der Waals surface area contributed by atoms with E-state index in [0.717, 1.165) is 0 Å². The second-order valence-electron chi connectivity index (χ2n) is 8.34. The van der Waals surface area contributed by atoms with Gasteiger partial charge in [-0.25, -0.2) is 0 Å². The van der Waals surface area contributed by atoms with Crippen LogP contribution in [-0.2, 0) is 23.7 Å². The first kappa shape index (κ1) is 27.9. The molecule has 15 atom stereocenters. The third-order valence-corrected chi connectivity index (χ3v) is 6.07. The molecule has 3 fully saturated rings. The number of hydrogen-bond donors (Lipinski definition) is 11. The highest BCUT2D eigenvalue weighted by Gasteiger charge is 2.55. The highest BCUT2D eigenvalue weighted by molar-refractivity contribution is 4.97. The molecule has 3 rings (SSSR count). The van der Waals surface area contributed by atoms with Crippen LogP contribution in [0.4, 0.5) is 0 Å². The molecule has 0 radical (unpaired) electrons. The van der Waals surface area contributed by atoms with Crippen LogP contribution < -0.4 is 0 Å². The van der Waals surface area contributed by atoms with Crippen LogP contribution >= 0.6 is 0 Å². The van der Waals surface area contributed by atoms with Crippen molar-refractivity contribution in [1.29, 1.82) is 0 Å². The van der Waals surface area contributed by atoms with Crippen molar-refractivity contribution >= 4 is 0 Å². The molecule has 0 unspecified atom stereocenters. The summed E-state index contributed by atoms with van der Waals surface area (Å²) in [5.74, 6) is 0. The normalized spacial score (nSPS) is 50.9. The van der Waals surface area contributed by atoms with Crippen molar-refractivity contribution in [2.45, 2.75) is 92.1 Å². The van der Waals surface area contributed by atoms with Crippen LogP contribution in [0.15, 0.2) is 0 Å². The lowest BCUT2D eigenvalue weighted by atomic mass is 9.98. The molecule has 0 aromatic heterocycles. The van der Waals surface area contributed by atoms with Gasteiger partial charge >= 0.3 is 0 Å². The predicted octanol–water partition coefficient (Wildman–Crippen LogP) is -7.57. The molecule has 3 aliphatic heterocycles. The van der Waals surface area contributed by atoms with E-state index in [-0.39, 0.29) is 0 Å². The van der Waals surface area contributed by atoms with Crippen molar-refractivity contribution in [3.8, 4) is 0 Å². The Morgan fingerprint density at radius 2 is 1.15 bits per heavy atom. The first-order valence-corrected chi connectivity index (χ1v) is 10.6. The van der Waals surface area contributed by atoms with E-state index < -0.39 is 112 Å². The average Bonchev–Trinajstić information content (AvgIpc) is 3.13. The number of hydrogen-bond acceptors (Lipinski definition) is 16. The molecular weight excluding hydrogens is 472 g/mol.